The molecule has 0 radical (unpaired) electrons. The largest absolute Gasteiger partial charge is 0.289 e. The molecule has 0 N–H and O–H groups in total. The van der Waals surface area contributed by atoms with Gasteiger partial charge in [0, 0.05) is 18.2 Å². The van der Waals surface area contributed by atoms with Crippen LogP contribution >= 0.6 is 0 Å². The molecular formula is C19H26N2O4S. The van der Waals surface area contributed by atoms with Crippen LogP contribution in [0.5, 0.6) is 0 Å². The zero-order valence-corrected chi connectivity index (χ0v) is 15.9. The Morgan fingerprint density at radius 1 is 1.35 bits per heavy atom. The van der Waals surface area contributed by atoms with Crippen LogP contribution in [0.3, 0.4) is 0 Å². The summed E-state index contributed by atoms with van der Waals surface area (Å²) in [6, 6.07) is 5.12. The molecule has 142 valence electrons. The van der Waals surface area contributed by atoms with Gasteiger partial charge in [-0.3, -0.25) is 10.1 Å². The molecule has 0 amide bonds. The fourth-order valence-electron chi connectivity index (χ4n) is 3.44. The van der Waals surface area contributed by atoms with Gasteiger partial charge in [0.05, 0.1) is 4.92 Å². The molecule has 0 fully saturated rings. The number of rotatable bonds is 9. The number of allylic oxidation sites excluding steroid dienone is 1. The van der Waals surface area contributed by atoms with E-state index >= 15 is 0 Å². The SMILES string of the molecule is C=CCCC[C@@H]1C=CC[C@H](CCC)N1S(=O)(=O)c1ccccc1[N+](=O)[O-]. The first-order valence-corrected chi connectivity index (χ1v) is 10.4. The molecular weight excluding hydrogens is 352 g/mol. The molecule has 0 saturated heterocycles. The van der Waals surface area contributed by atoms with Crippen LogP contribution < -0.4 is 0 Å². The maximum atomic E-state index is 13.4. The molecule has 2 atom stereocenters. The van der Waals surface area contributed by atoms with Gasteiger partial charge in [0.1, 0.15) is 0 Å². The van der Waals surface area contributed by atoms with Crippen LogP contribution in [0.15, 0.2) is 54.0 Å². The summed E-state index contributed by atoms with van der Waals surface area (Å²) >= 11 is 0. The minimum Gasteiger partial charge on any atom is -0.258 e. The molecule has 0 unspecified atom stereocenters. The molecule has 0 spiro atoms. The van der Waals surface area contributed by atoms with Gasteiger partial charge in [-0.05, 0) is 38.2 Å². The predicted molar refractivity (Wildman–Crippen MR) is 102 cm³/mol. The molecule has 7 heteroatoms. The Hall–Kier alpha value is -1.99. The zero-order valence-electron chi connectivity index (χ0n) is 15.1. The van der Waals surface area contributed by atoms with E-state index in [1.54, 1.807) is 0 Å². The Balaban J connectivity index is 2.47. The molecule has 1 aromatic rings. The lowest BCUT2D eigenvalue weighted by Crippen LogP contribution is -2.48. The molecule has 0 aromatic heterocycles. The van der Waals surface area contributed by atoms with E-state index in [1.165, 1.54) is 28.6 Å². The molecule has 0 aliphatic carbocycles. The van der Waals surface area contributed by atoms with Crippen molar-refractivity contribution in [2.45, 2.75) is 62.4 Å². The Kier molecular flexibility index (Phi) is 7.11. The summed E-state index contributed by atoms with van der Waals surface area (Å²) in [6.07, 6.45) is 10.3. The van der Waals surface area contributed by atoms with Crippen molar-refractivity contribution in [3.05, 3.63) is 59.2 Å². The van der Waals surface area contributed by atoms with Gasteiger partial charge in [-0.2, -0.15) is 4.31 Å². The van der Waals surface area contributed by atoms with E-state index in [0.717, 1.165) is 25.7 Å². The lowest BCUT2D eigenvalue weighted by atomic mass is 9.99. The number of benzene rings is 1. The standard InChI is InChI=1S/C19H26N2O4S/c1-3-5-6-11-17-13-9-12-16(10-4-2)20(17)26(24,25)19-15-8-7-14-18(19)21(22)23/h3,7-9,13-17H,1,4-6,10-12H2,2H3/t16-,17+/m0/s1. The van der Waals surface area contributed by atoms with E-state index in [1.807, 2.05) is 25.2 Å². The van der Waals surface area contributed by atoms with Gasteiger partial charge >= 0.3 is 0 Å². The summed E-state index contributed by atoms with van der Waals surface area (Å²) in [5, 5.41) is 11.3. The van der Waals surface area contributed by atoms with Crippen LogP contribution in [0.4, 0.5) is 5.69 Å². The number of sulfonamides is 1. The third-order valence-corrected chi connectivity index (χ3v) is 6.63. The van der Waals surface area contributed by atoms with E-state index in [0.29, 0.717) is 12.8 Å². The second kappa shape index (κ2) is 9.09. The second-order valence-corrected chi connectivity index (χ2v) is 8.26. The lowest BCUT2D eigenvalue weighted by molar-refractivity contribution is -0.387. The minimum absolute atomic E-state index is 0.177. The average molecular weight is 378 g/mol. The second-order valence-electron chi connectivity index (χ2n) is 6.45. The fraction of sp³-hybridized carbons (Fsp3) is 0.474. The normalized spacial score (nSPS) is 20.8. The summed E-state index contributed by atoms with van der Waals surface area (Å²) in [6.45, 7) is 5.72. The van der Waals surface area contributed by atoms with Crippen LogP contribution in [0, 0.1) is 10.1 Å². The van der Waals surface area contributed by atoms with Crippen LogP contribution in [0.2, 0.25) is 0 Å². The summed E-state index contributed by atoms with van der Waals surface area (Å²) in [7, 11) is -3.98. The Labute approximate surface area is 155 Å². The zero-order chi connectivity index (χ0) is 19.2. The molecule has 0 saturated carbocycles. The monoisotopic (exact) mass is 378 g/mol. The molecule has 0 bridgehead atoms. The highest BCUT2D eigenvalue weighted by molar-refractivity contribution is 7.89. The van der Waals surface area contributed by atoms with Crippen molar-refractivity contribution < 1.29 is 13.3 Å². The first-order valence-electron chi connectivity index (χ1n) is 8.98. The third kappa shape index (κ3) is 4.40. The number of nitro benzene ring substituents is 1. The summed E-state index contributed by atoms with van der Waals surface area (Å²) in [4.78, 5) is 10.5. The molecule has 2 rings (SSSR count). The Bertz CT molecular complexity index is 773. The van der Waals surface area contributed by atoms with Crippen molar-refractivity contribution in [2.75, 3.05) is 0 Å². The number of nitrogens with zero attached hydrogens (tertiary/aromatic N) is 2. The summed E-state index contributed by atoms with van der Waals surface area (Å²) in [5.41, 5.74) is -0.373. The fourth-order valence-corrected chi connectivity index (χ4v) is 5.44. The van der Waals surface area contributed by atoms with Gasteiger partial charge in [-0.1, -0.05) is 43.7 Å². The molecule has 26 heavy (non-hydrogen) atoms. The topological polar surface area (TPSA) is 80.5 Å². The van der Waals surface area contributed by atoms with Crippen molar-refractivity contribution in [3.63, 3.8) is 0 Å². The molecule has 1 aromatic carbocycles. The van der Waals surface area contributed by atoms with Gasteiger partial charge < -0.3 is 0 Å². The maximum Gasteiger partial charge on any atom is 0.289 e. The molecule has 6 nitrogen and oxygen atoms in total. The van der Waals surface area contributed by atoms with Crippen molar-refractivity contribution in [2.24, 2.45) is 0 Å². The number of para-hydroxylation sites is 1. The quantitative estimate of drug-likeness (QED) is 0.275. The van der Waals surface area contributed by atoms with E-state index in [4.69, 9.17) is 0 Å². The smallest absolute Gasteiger partial charge is 0.258 e. The highest BCUT2D eigenvalue weighted by Crippen LogP contribution is 2.34. The van der Waals surface area contributed by atoms with E-state index in [9.17, 15) is 18.5 Å². The average Bonchev–Trinajstić information content (AvgIpc) is 2.62. The molecule has 1 aliphatic rings. The first kappa shape index (κ1) is 20.3. The minimum atomic E-state index is -3.98. The van der Waals surface area contributed by atoms with Crippen molar-refractivity contribution in [3.8, 4) is 0 Å². The van der Waals surface area contributed by atoms with Crippen molar-refractivity contribution >= 4 is 15.7 Å². The molecule has 1 heterocycles. The molecule has 1 aliphatic heterocycles. The first-order chi connectivity index (χ1) is 12.4. The van der Waals surface area contributed by atoms with Gasteiger partial charge in [-0.15, -0.1) is 6.58 Å². The Morgan fingerprint density at radius 2 is 2.08 bits per heavy atom. The number of hydrogen-bond acceptors (Lipinski definition) is 4. The summed E-state index contributed by atoms with van der Waals surface area (Å²) in [5.74, 6) is 0. The van der Waals surface area contributed by atoms with E-state index in [2.05, 4.69) is 6.58 Å². The van der Waals surface area contributed by atoms with Gasteiger partial charge in [0.25, 0.3) is 15.7 Å². The van der Waals surface area contributed by atoms with Crippen molar-refractivity contribution in [1.29, 1.82) is 0 Å². The van der Waals surface area contributed by atoms with E-state index in [-0.39, 0.29) is 22.7 Å². The van der Waals surface area contributed by atoms with Crippen LogP contribution in [0.25, 0.3) is 0 Å². The lowest BCUT2D eigenvalue weighted by Gasteiger charge is -2.38. The Morgan fingerprint density at radius 3 is 2.73 bits per heavy atom. The highest BCUT2D eigenvalue weighted by Gasteiger charge is 2.40. The number of unbranched alkanes of at least 4 members (excludes halogenated alkanes) is 1. The van der Waals surface area contributed by atoms with Crippen molar-refractivity contribution in [1.82, 2.24) is 4.31 Å². The predicted octanol–water partition coefficient (Wildman–Crippen LogP) is 4.44. The van der Waals surface area contributed by atoms with Gasteiger partial charge in [0.15, 0.2) is 4.90 Å². The maximum absolute atomic E-state index is 13.4. The summed E-state index contributed by atoms with van der Waals surface area (Å²) < 4.78 is 28.3. The number of hydrogen-bond donors (Lipinski definition) is 0. The van der Waals surface area contributed by atoms with Gasteiger partial charge in [0.2, 0.25) is 0 Å². The van der Waals surface area contributed by atoms with Crippen LogP contribution in [-0.2, 0) is 10.0 Å². The van der Waals surface area contributed by atoms with Crippen LogP contribution in [0.1, 0.15) is 45.4 Å². The number of nitro groups is 1. The highest BCUT2D eigenvalue weighted by atomic mass is 32.2. The van der Waals surface area contributed by atoms with Gasteiger partial charge in [-0.25, -0.2) is 8.42 Å². The van der Waals surface area contributed by atoms with E-state index < -0.39 is 14.9 Å². The van der Waals surface area contributed by atoms with Crippen LogP contribution in [-0.4, -0.2) is 29.7 Å². The third-order valence-electron chi connectivity index (χ3n) is 4.60.